The fourth-order valence-corrected chi connectivity index (χ4v) is 0.662. The molecule has 0 bridgehead atoms. The van der Waals surface area contributed by atoms with Gasteiger partial charge in [-0.15, -0.1) is 0 Å². The van der Waals surface area contributed by atoms with Crippen molar-refractivity contribution in [2.45, 2.75) is 0 Å². The molecule has 0 aliphatic rings. The third kappa shape index (κ3) is 3.20. The first-order valence-corrected chi connectivity index (χ1v) is 3.67. The van der Waals surface area contributed by atoms with Crippen LogP contribution in [-0.4, -0.2) is 0 Å². The van der Waals surface area contributed by atoms with Gasteiger partial charge in [-0.3, -0.25) is 0 Å². The monoisotopic (exact) mass is 176 g/mol. The van der Waals surface area contributed by atoms with Gasteiger partial charge in [0.05, 0.1) is 0 Å². The van der Waals surface area contributed by atoms with Crippen molar-refractivity contribution in [3.05, 3.63) is 30.3 Å². The lowest BCUT2D eigenvalue weighted by Gasteiger charge is -1.94. The highest BCUT2D eigenvalue weighted by molar-refractivity contribution is 5.19. The van der Waals surface area contributed by atoms with Crippen LogP contribution in [0.4, 0.5) is 0 Å². The van der Waals surface area contributed by atoms with E-state index >= 15 is 0 Å². The van der Waals surface area contributed by atoms with Gasteiger partial charge in [-0.1, -0.05) is 18.2 Å². The Kier molecular flexibility index (Phi) is 3.13. The van der Waals surface area contributed by atoms with Gasteiger partial charge in [0.15, 0.2) is 5.75 Å². The van der Waals surface area contributed by atoms with E-state index in [1.165, 1.54) is 0 Å². The van der Waals surface area contributed by atoms with Crippen molar-refractivity contribution in [2.24, 2.45) is 0 Å². The molecule has 0 atom stereocenters. The molecule has 1 rings (SSSR count). The maximum atomic E-state index is 9.79. The molecule has 0 saturated heterocycles. The number of hydrogen-bond donors (Lipinski definition) is 0. The van der Waals surface area contributed by atoms with Gasteiger partial charge >= 0.3 is 10.8 Å². The molecule has 0 N–H and O–H groups in total. The van der Waals surface area contributed by atoms with E-state index in [4.69, 9.17) is 0 Å². The van der Waals surface area contributed by atoms with Crippen LogP contribution in [0.25, 0.3) is 0 Å². The zero-order valence-electron chi connectivity index (χ0n) is 5.40. The second kappa shape index (κ2) is 4.15. The molecule has 0 radical (unpaired) electrons. The molecule has 0 saturated carbocycles. The van der Waals surface area contributed by atoms with Crippen molar-refractivity contribution in [1.82, 2.24) is 0 Å². The normalized spacial score (nSPS) is 10.1. The molecule has 1 aromatic carbocycles. The summed E-state index contributed by atoms with van der Waals surface area (Å²) >= 11 is 0. The lowest BCUT2D eigenvalue weighted by molar-refractivity contribution is -1.64. The van der Waals surface area contributed by atoms with Gasteiger partial charge in [0.25, 0.3) is 4.44 Å². The molecule has 0 unspecified atom stereocenters. The molecule has 0 heterocycles. The zero-order chi connectivity index (χ0) is 8.10. The maximum absolute atomic E-state index is 9.79. The van der Waals surface area contributed by atoms with Crippen LogP contribution in [0.2, 0.25) is 0 Å². The van der Waals surface area contributed by atoms with Gasteiger partial charge in [0.2, 0.25) is 0 Å². The SMILES string of the molecule is [O-][Cl+2]([O-])OOc1ccccc1. The summed E-state index contributed by atoms with van der Waals surface area (Å²) in [5.41, 5.74) is 0. The highest BCUT2D eigenvalue weighted by Crippen LogP contribution is 2.08. The molecular weight excluding hydrogens is 172 g/mol. The predicted octanol–water partition coefficient (Wildman–Crippen LogP) is -0.917. The van der Waals surface area contributed by atoms with E-state index in [-0.39, 0.29) is 0 Å². The highest BCUT2D eigenvalue weighted by atomic mass is 35.6. The first-order chi connectivity index (χ1) is 5.29. The first kappa shape index (κ1) is 8.29. The topological polar surface area (TPSA) is 64.6 Å². The fraction of sp³-hybridized carbons (Fsp3) is 0. The van der Waals surface area contributed by atoms with Crippen LogP contribution in [0, 0.1) is 10.8 Å². The average Bonchev–Trinajstić information content (AvgIpc) is 2.03. The molecule has 0 amide bonds. The number of para-hydroxylation sites is 1. The van der Waals surface area contributed by atoms with Gasteiger partial charge in [-0.2, -0.15) is 0 Å². The standard InChI is InChI=1S/C6H5ClO4/c8-7(9)11-10-6-4-2-1-3-5-6/h1-5H. The quantitative estimate of drug-likeness (QED) is 0.442. The molecular formula is C6H5ClO4. The zero-order valence-corrected chi connectivity index (χ0v) is 6.15. The van der Waals surface area contributed by atoms with Gasteiger partial charge in [0.1, 0.15) is 0 Å². The van der Waals surface area contributed by atoms with Gasteiger partial charge in [-0.05, 0) is 12.1 Å². The van der Waals surface area contributed by atoms with Crippen LogP contribution >= 0.6 is 0 Å². The number of hydrogen-bond acceptors (Lipinski definition) is 4. The van der Waals surface area contributed by atoms with Gasteiger partial charge < -0.3 is 9.32 Å². The summed E-state index contributed by atoms with van der Waals surface area (Å²) in [6.45, 7) is 0. The molecule has 5 heteroatoms. The van der Waals surface area contributed by atoms with Crippen molar-refractivity contribution in [1.29, 1.82) is 0 Å². The van der Waals surface area contributed by atoms with Crippen LogP contribution < -0.4 is 14.2 Å². The second-order valence-electron chi connectivity index (χ2n) is 1.65. The predicted molar refractivity (Wildman–Crippen MR) is 28.2 cm³/mol. The number of rotatable bonds is 3. The van der Waals surface area contributed by atoms with Gasteiger partial charge in [-0.25, -0.2) is 4.89 Å². The van der Waals surface area contributed by atoms with Crippen molar-refractivity contribution >= 4 is 0 Å². The summed E-state index contributed by atoms with van der Waals surface area (Å²) in [6, 6.07) is 8.31. The van der Waals surface area contributed by atoms with Gasteiger partial charge in [0, 0.05) is 0 Å². The van der Waals surface area contributed by atoms with Crippen molar-refractivity contribution in [2.75, 3.05) is 0 Å². The minimum Gasteiger partial charge on any atom is -0.317 e. The Labute approximate surface area is 66.3 Å². The van der Waals surface area contributed by atoms with Crippen LogP contribution in [0.3, 0.4) is 0 Å². The third-order valence-corrected chi connectivity index (χ3v) is 1.09. The molecule has 4 nitrogen and oxygen atoms in total. The number of halogens is 1. The van der Waals surface area contributed by atoms with E-state index in [2.05, 4.69) is 9.33 Å². The number of benzene rings is 1. The molecule has 1 aromatic rings. The van der Waals surface area contributed by atoms with Crippen molar-refractivity contribution in [3.63, 3.8) is 0 Å². The maximum Gasteiger partial charge on any atom is 0.342 e. The molecule has 0 aliphatic carbocycles. The smallest absolute Gasteiger partial charge is 0.317 e. The Hall–Kier alpha value is -0.810. The molecule has 0 aromatic heterocycles. The summed E-state index contributed by atoms with van der Waals surface area (Å²) in [5, 5.41) is 0. The van der Waals surface area contributed by atoms with E-state index in [1.54, 1.807) is 30.3 Å². The van der Waals surface area contributed by atoms with E-state index in [1.807, 2.05) is 0 Å². The summed E-state index contributed by atoms with van der Waals surface area (Å²) in [7, 11) is -2.33. The molecule has 0 spiro atoms. The van der Waals surface area contributed by atoms with E-state index in [9.17, 15) is 9.32 Å². The Balaban J connectivity index is 2.39. The van der Waals surface area contributed by atoms with E-state index in [0.717, 1.165) is 0 Å². The Morgan fingerprint density at radius 3 is 2.27 bits per heavy atom. The molecule has 0 fully saturated rings. The molecule has 11 heavy (non-hydrogen) atoms. The Morgan fingerprint density at radius 2 is 1.73 bits per heavy atom. The average molecular weight is 177 g/mol. The summed E-state index contributed by atoms with van der Waals surface area (Å²) in [4.78, 5) is 4.34. The van der Waals surface area contributed by atoms with E-state index in [0.29, 0.717) is 5.75 Å². The minimum absolute atomic E-state index is 0.335. The highest BCUT2D eigenvalue weighted by Gasteiger charge is 2.08. The summed E-state index contributed by atoms with van der Waals surface area (Å²) < 4.78 is 23.4. The fourth-order valence-electron chi connectivity index (χ4n) is 0.538. The molecule has 0 aliphatic heterocycles. The summed E-state index contributed by atoms with van der Waals surface area (Å²) in [6.07, 6.45) is 0. The lowest BCUT2D eigenvalue weighted by Crippen LogP contribution is -2.35. The van der Waals surface area contributed by atoms with Crippen LogP contribution in [-0.2, 0) is 4.44 Å². The Bertz CT molecular complexity index is 201. The van der Waals surface area contributed by atoms with Crippen molar-refractivity contribution in [3.8, 4) is 5.75 Å². The minimum atomic E-state index is -2.33. The molecule has 60 valence electrons. The van der Waals surface area contributed by atoms with Crippen LogP contribution in [0.1, 0.15) is 0 Å². The van der Waals surface area contributed by atoms with Crippen molar-refractivity contribution < 1.29 is 29.4 Å². The third-order valence-electron chi connectivity index (χ3n) is 0.922. The summed E-state index contributed by atoms with van der Waals surface area (Å²) in [5.74, 6) is 0.335. The largest absolute Gasteiger partial charge is 0.342 e. The first-order valence-electron chi connectivity index (χ1n) is 2.74. The van der Waals surface area contributed by atoms with E-state index < -0.39 is 10.8 Å². The van der Waals surface area contributed by atoms with Crippen LogP contribution in [0.15, 0.2) is 30.3 Å². The second-order valence-corrected chi connectivity index (χ2v) is 2.15. The lowest BCUT2D eigenvalue weighted by atomic mass is 10.3. The van der Waals surface area contributed by atoms with Crippen LogP contribution in [0.5, 0.6) is 5.75 Å². The Morgan fingerprint density at radius 1 is 1.09 bits per heavy atom.